The summed E-state index contributed by atoms with van der Waals surface area (Å²) in [6, 6.07) is 14.8. The standard InChI is InChI=1S/C19H19FN4.ClH/c20-16-9-3-1-7-14(16)18-15-8-2-4-10-17(15)23-19(24-18)22-13-6-5-11-21-12-13;/h1-4,7-10,13,21H,5-6,11-12H2,(H,22,23,24);1H. The molecule has 3 aromatic rings. The van der Waals surface area contributed by atoms with Gasteiger partial charge in [0.15, 0.2) is 0 Å². The van der Waals surface area contributed by atoms with E-state index in [1.807, 2.05) is 30.3 Å². The molecule has 1 fully saturated rings. The zero-order chi connectivity index (χ0) is 16.4. The number of anilines is 1. The number of halogens is 2. The Labute approximate surface area is 152 Å². The van der Waals surface area contributed by atoms with Crippen molar-refractivity contribution in [2.75, 3.05) is 18.4 Å². The first-order valence-corrected chi connectivity index (χ1v) is 8.30. The largest absolute Gasteiger partial charge is 0.350 e. The van der Waals surface area contributed by atoms with Gasteiger partial charge in [-0.2, -0.15) is 0 Å². The van der Waals surface area contributed by atoms with E-state index in [2.05, 4.69) is 20.6 Å². The van der Waals surface area contributed by atoms with Crippen LogP contribution in [-0.4, -0.2) is 29.1 Å². The number of hydrogen-bond donors (Lipinski definition) is 2. The van der Waals surface area contributed by atoms with Crippen LogP contribution in [0.3, 0.4) is 0 Å². The van der Waals surface area contributed by atoms with E-state index in [9.17, 15) is 4.39 Å². The number of benzene rings is 2. The van der Waals surface area contributed by atoms with Gasteiger partial charge < -0.3 is 10.6 Å². The molecule has 0 bridgehead atoms. The van der Waals surface area contributed by atoms with Gasteiger partial charge in [-0.3, -0.25) is 0 Å². The van der Waals surface area contributed by atoms with Crippen molar-refractivity contribution in [3.05, 3.63) is 54.3 Å². The lowest BCUT2D eigenvalue weighted by Crippen LogP contribution is -2.38. The highest BCUT2D eigenvalue weighted by Crippen LogP contribution is 2.29. The predicted octanol–water partition coefficient (Wildman–Crippen LogP) is 4.02. The van der Waals surface area contributed by atoms with Crippen LogP contribution in [0.25, 0.3) is 22.2 Å². The fraction of sp³-hybridized carbons (Fsp3) is 0.263. The maximum atomic E-state index is 14.3. The van der Waals surface area contributed by atoms with E-state index in [1.54, 1.807) is 12.1 Å². The highest BCUT2D eigenvalue weighted by atomic mass is 35.5. The molecule has 2 heterocycles. The summed E-state index contributed by atoms with van der Waals surface area (Å²) in [5, 5.41) is 7.62. The molecule has 2 N–H and O–H groups in total. The number of aromatic nitrogens is 2. The van der Waals surface area contributed by atoms with E-state index in [1.165, 1.54) is 6.07 Å². The summed E-state index contributed by atoms with van der Waals surface area (Å²) in [6.07, 6.45) is 2.21. The van der Waals surface area contributed by atoms with Crippen LogP contribution in [0.15, 0.2) is 48.5 Å². The van der Waals surface area contributed by atoms with Crippen LogP contribution >= 0.6 is 12.4 Å². The highest BCUT2D eigenvalue weighted by Gasteiger charge is 2.17. The first kappa shape index (κ1) is 17.6. The molecule has 0 aliphatic carbocycles. The van der Waals surface area contributed by atoms with Crippen LogP contribution in [0.5, 0.6) is 0 Å². The number of para-hydroxylation sites is 1. The van der Waals surface area contributed by atoms with Gasteiger partial charge >= 0.3 is 0 Å². The smallest absolute Gasteiger partial charge is 0.224 e. The minimum absolute atomic E-state index is 0. The molecular weight excluding hydrogens is 339 g/mol. The van der Waals surface area contributed by atoms with Crippen LogP contribution in [0.1, 0.15) is 12.8 Å². The Morgan fingerprint density at radius 3 is 2.64 bits per heavy atom. The Morgan fingerprint density at radius 1 is 1.04 bits per heavy atom. The van der Waals surface area contributed by atoms with Crippen LogP contribution < -0.4 is 10.6 Å². The van der Waals surface area contributed by atoms with Crippen molar-refractivity contribution in [1.82, 2.24) is 15.3 Å². The van der Waals surface area contributed by atoms with Gasteiger partial charge in [-0.05, 0) is 37.6 Å². The number of rotatable bonds is 3. The number of fused-ring (bicyclic) bond motifs is 1. The van der Waals surface area contributed by atoms with Crippen LogP contribution in [0, 0.1) is 5.82 Å². The van der Waals surface area contributed by atoms with Crippen molar-refractivity contribution in [3.8, 4) is 11.3 Å². The molecule has 6 heteroatoms. The molecule has 1 aliphatic heterocycles. The zero-order valence-corrected chi connectivity index (χ0v) is 14.5. The first-order valence-electron chi connectivity index (χ1n) is 8.30. The van der Waals surface area contributed by atoms with E-state index in [0.717, 1.165) is 36.8 Å². The summed E-state index contributed by atoms with van der Waals surface area (Å²) in [6.45, 7) is 1.95. The number of nitrogens with one attached hydrogen (secondary N) is 2. The van der Waals surface area contributed by atoms with Crippen molar-refractivity contribution in [2.45, 2.75) is 18.9 Å². The average molecular weight is 359 g/mol. The summed E-state index contributed by atoms with van der Waals surface area (Å²) >= 11 is 0. The molecule has 1 atom stereocenters. The van der Waals surface area contributed by atoms with Crippen molar-refractivity contribution in [2.24, 2.45) is 0 Å². The zero-order valence-electron chi connectivity index (χ0n) is 13.7. The Kier molecular flexibility index (Phi) is 5.46. The van der Waals surface area contributed by atoms with Crippen molar-refractivity contribution in [3.63, 3.8) is 0 Å². The first-order chi connectivity index (χ1) is 11.8. The molecule has 4 nitrogen and oxygen atoms in total. The van der Waals surface area contributed by atoms with Gasteiger partial charge in [-0.25, -0.2) is 14.4 Å². The number of nitrogens with zero attached hydrogens (tertiary/aromatic N) is 2. The molecule has 130 valence electrons. The summed E-state index contributed by atoms with van der Waals surface area (Å²) < 4.78 is 14.3. The molecule has 0 spiro atoms. The lowest BCUT2D eigenvalue weighted by Gasteiger charge is -2.24. The van der Waals surface area contributed by atoms with Crippen molar-refractivity contribution < 1.29 is 4.39 Å². The Morgan fingerprint density at radius 2 is 1.84 bits per heavy atom. The fourth-order valence-corrected chi connectivity index (χ4v) is 3.16. The van der Waals surface area contributed by atoms with Gasteiger partial charge in [-0.1, -0.05) is 30.3 Å². The topological polar surface area (TPSA) is 49.8 Å². The molecular formula is C19H20ClFN4. The highest BCUT2D eigenvalue weighted by molar-refractivity contribution is 5.93. The molecule has 25 heavy (non-hydrogen) atoms. The SMILES string of the molecule is Cl.Fc1ccccc1-c1nc(NC2CCCNC2)nc2ccccc12. The van der Waals surface area contributed by atoms with Crippen molar-refractivity contribution in [1.29, 1.82) is 0 Å². The Bertz CT molecular complexity index is 865. The molecule has 2 aromatic carbocycles. The van der Waals surface area contributed by atoms with Gasteiger partial charge in [0.25, 0.3) is 0 Å². The second-order valence-electron chi connectivity index (χ2n) is 6.08. The second kappa shape index (κ2) is 7.76. The van der Waals surface area contributed by atoms with E-state index in [-0.39, 0.29) is 18.2 Å². The van der Waals surface area contributed by atoms with Gasteiger partial charge in [-0.15, -0.1) is 12.4 Å². The predicted molar refractivity (Wildman–Crippen MR) is 102 cm³/mol. The van der Waals surface area contributed by atoms with Gasteiger partial charge in [0.05, 0.1) is 11.2 Å². The average Bonchev–Trinajstić information content (AvgIpc) is 2.62. The number of piperidine rings is 1. The third-order valence-electron chi connectivity index (χ3n) is 4.36. The van der Waals surface area contributed by atoms with Gasteiger partial charge in [0.2, 0.25) is 5.95 Å². The molecule has 1 unspecified atom stereocenters. The maximum absolute atomic E-state index is 14.3. The summed E-state index contributed by atoms with van der Waals surface area (Å²) in [4.78, 5) is 9.25. The van der Waals surface area contributed by atoms with Crippen molar-refractivity contribution >= 4 is 29.3 Å². The lowest BCUT2D eigenvalue weighted by atomic mass is 10.1. The lowest BCUT2D eigenvalue weighted by molar-refractivity contribution is 0.478. The fourth-order valence-electron chi connectivity index (χ4n) is 3.16. The van der Waals surface area contributed by atoms with E-state index in [4.69, 9.17) is 0 Å². The minimum Gasteiger partial charge on any atom is -0.350 e. The normalized spacial score (nSPS) is 17.1. The third-order valence-corrected chi connectivity index (χ3v) is 4.36. The second-order valence-corrected chi connectivity index (χ2v) is 6.08. The Hall–Kier alpha value is -2.24. The van der Waals surface area contributed by atoms with E-state index >= 15 is 0 Å². The van der Waals surface area contributed by atoms with Crippen LogP contribution in [0.4, 0.5) is 10.3 Å². The van der Waals surface area contributed by atoms with Crippen LogP contribution in [-0.2, 0) is 0 Å². The van der Waals surface area contributed by atoms with Gasteiger partial charge in [0, 0.05) is 23.5 Å². The summed E-state index contributed by atoms with van der Waals surface area (Å²) in [7, 11) is 0. The molecule has 1 aliphatic rings. The third kappa shape index (κ3) is 3.72. The summed E-state index contributed by atoms with van der Waals surface area (Å²) in [5.74, 6) is 0.285. The quantitative estimate of drug-likeness (QED) is 0.742. The monoisotopic (exact) mass is 358 g/mol. The van der Waals surface area contributed by atoms with E-state index < -0.39 is 0 Å². The van der Waals surface area contributed by atoms with Gasteiger partial charge in [0.1, 0.15) is 5.82 Å². The molecule has 0 amide bonds. The molecule has 0 radical (unpaired) electrons. The minimum atomic E-state index is -0.272. The summed E-state index contributed by atoms with van der Waals surface area (Å²) in [5.41, 5.74) is 1.95. The Balaban J connectivity index is 0.00000182. The maximum Gasteiger partial charge on any atom is 0.224 e. The molecule has 4 rings (SSSR count). The molecule has 0 saturated carbocycles. The number of hydrogen-bond acceptors (Lipinski definition) is 4. The van der Waals surface area contributed by atoms with E-state index in [0.29, 0.717) is 23.2 Å². The van der Waals surface area contributed by atoms with Crippen LogP contribution in [0.2, 0.25) is 0 Å². The molecule has 1 saturated heterocycles. The molecule has 1 aromatic heterocycles.